The van der Waals surface area contributed by atoms with Crippen LogP contribution in [0.4, 0.5) is 0 Å². The Morgan fingerprint density at radius 2 is 1.63 bits per heavy atom. The normalized spacial score (nSPS) is 10.8. The zero-order chi connectivity index (χ0) is 13.4. The lowest BCUT2D eigenvalue weighted by atomic mass is 9.97. The van der Waals surface area contributed by atoms with E-state index in [2.05, 4.69) is 41.1 Å². The molecule has 0 aromatic heterocycles. The van der Waals surface area contributed by atoms with Gasteiger partial charge >= 0.3 is 0 Å². The third-order valence-corrected chi connectivity index (χ3v) is 3.79. The number of phenolic OH excluding ortho intramolecular Hbond substituents is 1. The summed E-state index contributed by atoms with van der Waals surface area (Å²) in [4.78, 5) is 0. The quantitative estimate of drug-likeness (QED) is 0.648. The van der Waals surface area contributed by atoms with Gasteiger partial charge in [-0.1, -0.05) is 57.9 Å². The summed E-state index contributed by atoms with van der Waals surface area (Å²) in [5.41, 5.74) is 3.15. The Morgan fingerprint density at radius 3 is 2.37 bits per heavy atom. The second-order valence-electron chi connectivity index (χ2n) is 4.69. The highest BCUT2D eigenvalue weighted by Crippen LogP contribution is 2.37. The highest BCUT2D eigenvalue weighted by molar-refractivity contribution is 9.10. The number of halogens is 1. The van der Waals surface area contributed by atoms with Crippen LogP contribution in [0.3, 0.4) is 0 Å². The number of hydrogen-bond donors (Lipinski definition) is 1. The van der Waals surface area contributed by atoms with Crippen LogP contribution in [0.15, 0.2) is 59.1 Å². The Labute approximate surface area is 120 Å². The summed E-state index contributed by atoms with van der Waals surface area (Å²) in [6.07, 6.45) is 0. The van der Waals surface area contributed by atoms with E-state index >= 15 is 0 Å². The summed E-state index contributed by atoms with van der Waals surface area (Å²) >= 11 is 3.48. The molecule has 0 heterocycles. The molecule has 0 aliphatic rings. The maximum atomic E-state index is 10.2. The van der Waals surface area contributed by atoms with E-state index in [-0.39, 0.29) is 0 Å². The smallest absolute Gasteiger partial charge is 0.124 e. The van der Waals surface area contributed by atoms with Crippen molar-refractivity contribution in [2.24, 2.45) is 0 Å². The van der Waals surface area contributed by atoms with Crippen molar-refractivity contribution < 1.29 is 5.11 Å². The Bertz CT molecular complexity index is 745. The minimum absolute atomic E-state index is 0.318. The average Bonchev–Trinajstić information content (AvgIpc) is 2.40. The van der Waals surface area contributed by atoms with Gasteiger partial charge in [0.1, 0.15) is 5.75 Å². The van der Waals surface area contributed by atoms with Gasteiger partial charge in [-0.25, -0.2) is 0 Å². The van der Waals surface area contributed by atoms with Gasteiger partial charge in [0, 0.05) is 10.0 Å². The van der Waals surface area contributed by atoms with Gasteiger partial charge in [0.05, 0.1) is 0 Å². The van der Waals surface area contributed by atoms with E-state index in [1.165, 1.54) is 5.56 Å². The molecule has 0 bridgehead atoms. The predicted molar refractivity (Wildman–Crippen MR) is 83.5 cm³/mol. The zero-order valence-corrected chi connectivity index (χ0v) is 12.1. The Hall–Kier alpha value is -1.80. The van der Waals surface area contributed by atoms with E-state index in [0.717, 1.165) is 26.4 Å². The van der Waals surface area contributed by atoms with E-state index in [9.17, 15) is 5.11 Å². The molecule has 3 rings (SSSR count). The van der Waals surface area contributed by atoms with Crippen LogP contribution in [0.25, 0.3) is 21.9 Å². The van der Waals surface area contributed by atoms with Crippen LogP contribution in [0.1, 0.15) is 5.56 Å². The molecule has 0 saturated heterocycles. The standard InChI is InChI=1S/C17H13BrO/c1-11-2-4-12(5-3-11)17-15-8-7-14(18)10-13(15)6-9-16(17)19/h2-10,19H,1H3. The van der Waals surface area contributed by atoms with E-state index < -0.39 is 0 Å². The lowest BCUT2D eigenvalue weighted by molar-refractivity contribution is 0.478. The van der Waals surface area contributed by atoms with Crippen LogP contribution < -0.4 is 0 Å². The molecular formula is C17H13BrO. The molecule has 0 aliphatic heterocycles. The van der Waals surface area contributed by atoms with Crippen molar-refractivity contribution in [1.29, 1.82) is 0 Å². The van der Waals surface area contributed by atoms with Crippen LogP contribution in [0.2, 0.25) is 0 Å². The van der Waals surface area contributed by atoms with E-state index in [1.54, 1.807) is 6.07 Å². The lowest BCUT2D eigenvalue weighted by Crippen LogP contribution is -1.84. The van der Waals surface area contributed by atoms with Gasteiger partial charge < -0.3 is 5.11 Å². The molecule has 94 valence electrons. The molecule has 3 aromatic carbocycles. The van der Waals surface area contributed by atoms with Crippen molar-refractivity contribution in [2.45, 2.75) is 6.92 Å². The first kappa shape index (κ1) is 12.2. The first-order valence-electron chi connectivity index (χ1n) is 6.13. The van der Waals surface area contributed by atoms with Crippen LogP contribution in [-0.4, -0.2) is 5.11 Å². The molecule has 1 N–H and O–H groups in total. The third kappa shape index (κ3) is 2.24. The van der Waals surface area contributed by atoms with Gasteiger partial charge in [0.2, 0.25) is 0 Å². The van der Waals surface area contributed by atoms with Crippen LogP contribution in [0, 0.1) is 6.92 Å². The van der Waals surface area contributed by atoms with Gasteiger partial charge in [-0.15, -0.1) is 0 Å². The number of phenols is 1. The maximum absolute atomic E-state index is 10.2. The molecule has 1 nitrogen and oxygen atoms in total. The fraction of sp³-hybridized carbons (Fsp3) is 0.0588. The Morgan fingerprint density at radius 1 is 0.895 bits per heavy atom. The maximum Gasteiger partial charge on any atom is 0.124 e. The molecule has 0 saturated carbocycles. The zero-order valence-electron chi connectivity index (χ0n) is 10.5. The molecule has 0 amide bonds. The van der Waals surface area contributed by atoms with Gasteiger partial charge in [0.25, 0.3) is 0 Å². The van der Waals surface area contributed by atoms with Crippen molar-refractivity contribution in [1.82, 2.24) is 0 Å². The van der Waals surface area contributed by atoms with Gasteiger partial charge in [-0.05, 0) is 41.5 Å². The number of rotatable bonds is 1. The van der Waals surface area contributed by atoms with Crippen LogP contribution >= 0.6 is 15.9 Å². The average molecular weight is 313 g/mol. The SMILES string of the molecule is Cc1ccc(-c2c(O)ccc3cc(Br)ccc23)cc1. The van der Waals surface area contributed by atoms with E-state index in [1.807, 2.05) is 30.3 Å². The number of aromatic hydroxyl groups is 1. The van der Waals surface area contributed by atoms with E-state index in [4.69, 9.17) is 0 Å². The molecule has 2 heteroatoms. The monoisotopic (exact) mass is 312 g/mol. The molecule has 0 aliphatic carbocycles. The topological polar surface area (TPSA) is 20.2 Å². The second kappa shape index (κ2) is 4.71. The van der Waals surface area contributed by atoms with Crippen molar-refractivity contribution in [3.05, 3.63) is 64.6 Å². The molecular weight excluding hydrogens is 300 g/mol. The molecule has 0 atom stereocenters. The number of aryl methyl sites for hydroxylation is 1. The summed E-state index contributed by atoms with van der Waals surface area (Å²) in [6, 6.07) is 18.0. The first-order chi connectivity index (χ1) is 9.15. The molecule has 0 radical (unpaired) electrons. The number of benzene rings is 3. The molecule has 0 spiro atoms. The minimum atomic E-state index is 0.318. The summed E-state index contributed by atoms with van der Waals surface area (Å²) < 4.78 is 1.04. The first-order valence-corrected chi connectivity index (χ1v) is 6.93. The van der Waals surface area contributed by atoms with Crippen molar-refractivity contribution in [3.63, 3.8) is 0 Å². The molecule has 0 unspecified atom stereocenters. The Balaban J connectivity index is 2.32. The number of fused-ring (bicyclic) bond motifs is 1. The summed E-state index contributed by atoms with van der Waals surface area (Å²) in [7, 11) is 0. The van der Waals surface area contributed by atoms with Crippen LogP contribution in [0.5, 0.6) is 5.75 Å². The Kier molecular flexibility index (Phi) is 3.03. The second-order valence-corrected chi connectivity index (χ2v) is 5.61. The highest BCUT2D eigenvalue weighted by atomic mass is 79.9. The highest BCUT2D eigenvalue weighted by Gasteiger charge is 2.09. The fourth-order valence-corrected chi connectivity index (χ4v) is 2.69. The fourth-order valence-electron chi connectivity index (χ4n) is 2.31. The van der Waals surface area contributed by atoms with Crippen molar-refractivity contribution in [2.75, 3.05) is 0 Å². The summed E-state index contributed by atoms with van der Waals surface area (Å²) in [5, 5.41) is 12.4. The molecule has 0 fully saturated rings. The summed E-state index contributed by atoms with van der Waals surface area (Å²) in [5.74, 6) is 0.318. The third-order valence-electron chi connectivity index (χ3n) is 3.30. The minimum Gasteiger partial charge on any atom is -0.507 e. The van der Waals surface area contributed by atoms with Crippen molar-refractivity contribution >= 4 is 26.7 Å². The number of hydrogen-bond acceptors (Lipinski definition) is 1. The van der Waals surface area contributed by atoms with Crippen LogP contribution in [-0.2, 0) is 0 Å². The predicted octanol–water partition coefficient (Wildman–Crippen LogP) is 5.28. The van der Waals surface area contributed by atoms with Gasteiger partial charge in [-0.3, -0.25) is 0 Å². The van der Waals surface area contributed by atoms with Gasteiger partial charge in [0.15, 0.2) is 0 Å². The van der Waals surface area contributed by atoms with Gasteiger partial charge in [-0.2, -0.15) is 0 Å². The van der Waals surface area contributed by atoms with E-state index in [0.29, 0.717) is 5.75 Å². The molecule has 3 aromatic rings. The lowest BCUT2D eigenvalue weighted by Gasteiger charge is -2.10. The van der Waals surface area contributed by atoms with Crippen molar-refractivity contribution in [3.8, 4) is 16.9 Å². The molecule has 19 heavy (non-hydrogen) atoms. The summed E-state index contributed by atoms with van der Waals surface area (Å²) in [6.45, 7) is 2.06. The largest absolute Gasteiger partial charge is 0.507 e.